The Morgan fingerprint density at radius 1 is 1.02 bits per heavy atom. The van der Waals surface area contributed by atoms with Gasteiger partial charge in [-0.1, -0.05) is 24.3 Å². The molecular weight excluding hydrogens is 624 g/mol. The van der Waals surface area contributed by atoms with E-state index in [2.05, 4.69) is 82.7 Å². The second kappa shape index (κ2) is 13.2. The number of imide groups is 1. The van der Waals surface area contributed by atoms with Crippen LogP contribution in [0.25, 0.3) is 0 Å². The van der Waals surface area contributed by atoms with E-state index in [0.29, 0.717) is 23.2 Å². The molecule has 3 aromatic rings. The van der Waals surface area contributed by atoms with E-state index in [1.807, 2.05) is 12.1 Å². The maximum absolute atomic E-state index is 12.3. The normalized spacial score (nSPS) is 23.4. The van der Waals surface area contributed by atoms with Gasteiger partial charge in [-0.15, -0.1) is 0 Å². The molecule has 2 aromatic heterocycles. The number of piperazine rings is 1. The zero-order valence-corrected chi connectivity index (χ0v) is 26.8. The summed E-state index contributed by atoms with van der Waals surface area (Å²) >= 11 is 3.44. The second-order valence-electron chi connectivity index (χ2n) is 12.2. The minimum absolute atomic E-state index is 0.149. The van der Waals surface area contributed by atoms with E-state index in [0.717, 1.165) is 69.3 Å². The number of halogens is 1. The van der Waals surface area contributed by atoms with Gasteiger partial charge in [-0.3, -0.25) is 29.6 Å². The van der Waals surface area contributed by atoms with Crippen LogP contribution >= 0.6 is 15.9 Å². The molecule has 1 aromatic carbocycles. The summed E-state index contributed by atoms with van der Waals surface area (Å²) in [7, 11) is 3.80. The van der Waals surface area contributed by atoms with Gasteiger partial charge in [0.1, 0.15) is 4.47 Å². The first kappa shape index (κ1) is 30.4. The van der Waals surface area contributed by atoms with Crippen LogP contribution in [-0.4, -0.2) is 88.7 Å². The highest BCUT2D eigenvalue weighted by Gasteiger charge is 2.30. The molecule has 1 unspecified atom stereocenters. The van der Waals surface area contributed by atoms with Crippen LogP contribution in [0.5, 0.6) is 0 Å². The molecule has 3 aliphatic rings. The molecule has 5 heterocycles. The third-order valence-corrected chi connectivity index (χ3v) is 9.79. The highest BCUT2D eigenvalue weighted by Crippen LogP contribution is 2.30. The summed E-state index contributed by atoms with van der Waals surface area (Å²) in [5, 5.41) is 10.2. The number of rotatable bonds is 7. The van der Waals surface area contributed by atoms with Crippen LogP contribution in [0.15, 0.2) is 58.1 Å². The third-order valence-electron chi connectivity index (χ3n) is 9.03. The second-order valence-corrected chi connectivity index (χ2v) is 13.0. The molecule has 0 spiro atoms. The number of pyridine rings is 1. The van der Waals surface area contributed by atoms with Crippen LogP contribution in [0.2, 0.25) is 0 Å². The van der Waals surface area contributed by atoms with Crippen LogP contribution in [0.1, 0.15) is 47.9 Å². The van der Waals surface area contributed by atoms with Crippen LogP contribution in [0.4, 0.5) is 11.4 Å². The predicted molar refractivity (Wildman–Crippen MR) is 173 cm³/mol. The standard InChI is InChI=1S/C32H39BrN8O3/c1-38-19-23(15-24(20-38)36-28-17-35-39(2)32(44)30(28)33)22-5-3-21(4-6-22)18-40-11-13-41(14-12-40)25-9-10-34-27(16-25)26-7-8-29(42)37-31(26)43/h3-6,9-10,16-17,23-24,26,36H,7-8,11-15,18-20H2,1-2H3,(H,37,42,43)/t23-,24+,26?/m0/s1. The summed E-state index contributed by atoms with van der Waals surface area (Å²) < 4.78 is 1.84. The van der Waals surface area contributed by atoms with Crippen molar-refractivity contribution in [1.29, 1.82) is 0 Å². The van der Waals surface area contributed by atoms with Gasteiger partial charge >= 0.3 is 0 Å². The maximum atomic E-state index is 12.3. The van der Waals surface area contributed by atoms with E-state index < -0.39 is 0 Å². The Labute approximate surface area is 265 Å². The number of hydrogen-bond donors (Lipinski definition) is 2. The lowest BCUT2D eigenvalue weighted by molar-refractivity contribution is -0.134. The monoisotopic (exact) mass is 662 g/mol. The van der Waals surface area contributed by atoms with Gasteiger partial charge in [-0.2, -0.15) is 5.10 Å². The fraction of sp³-hybridized carbons (Fsp3) is 0.469. The van der Waals surface area contributed by atoms with Gasteiger partial charge in [-0.25, -0.2) is 4.68 Å². The number of carbonyl (C=O) groups is 2. The Hall–Kier alpha value is -3.61. The molecule has 0 radical (unpaired) electrons. The lowest BCUT2D eigenvalue weighted by Gasteiger charge is -2.37. The lowest BCUT2D eigenvalue weighted by atomic mass is 9.87. The molecule has 12 heteroatoms. The van der Waals surface area contributed by atoms with Crippen LogP contribution in [0.3, 0.4) is 0 Å². The first-order chi connectivity index (χ1) is 21.2. The number of likely N-dealkylation sites (N-methyl/N-ethyl adjacent to an activating group) is 1. The van der Waals surface area contributed by atoms with Gasteiger partial charge < -0.3 is 15.1 Å². The van der Waals surface area contributed by atoms with Crippen LogP contribution in [0, 0.1) is 0 Å². The Morgan fingerprint density at radius 3 is 2.55 bits per heavy atom. The highest BCUT2D eigenvalue weighted by atomic mass is 79.9. The number of likely N-dealkylation sites (tertiary alicyclic amines) is 1. The molecular formula is C32H39BrN8O3. The average molecular weight is 664 g/mol. The largest absolute Gasteiger partial charge is 0.379 e. The van der Waals surface area contributed by atoms with Crippen LogP contribution in [-0.2, 0) is 23.2 Å². The number of carbonyl (C=O) groups excluding carboxylic acids is 2. The molecule has 6 rings (SSSR count). The number of benzene rings is 1. The number of nitrogens with zero attached hydrogens (tertiary/aromatic N) is 6. The summed E-state index contributed by atoms with van der Waals surface area (Å²) in [6.07, 6.45) is 5.32. The molecule has 0 aliphatic carbocycles. The first-order valence-corrected chi connectivity index (χ1v) is 16.1. The summed E-state index contributed by atoms with van der Waals surface area (Å²) in [4.78, 5) is 47.8. The average Bonchev–Trinajstić information content (AvgIpc) is 3.02. The Bertz CT molecular complexity index is 1570. The molecule has 3 atom stereocenters. The van der Waals surface area contributed by atoms with E-state index in [1.165, 1.54) is 15.8 Å². The van der Waals surface area contributed by atoms with Gasteiger partial charge in [0.2, 0.25) is 11.8 Å². The Kier molecular flexibility index (Phi) is 9.11. The number of anilines is 2. The van der Waals surface area contributed by atoms with Gasteiger partial charge in [-0.05, 0) is 65.0 Å². The Balaban J connectivity index is 1.02. The predicted octanol–water partition coefficient (Wildman–Crippen LogP) is 2.68. The molecule has 3 saturated heterocycles. The fourth-order valence-corrected chi connectivity index (χ4v) is 7.09. The third kappa shape index (κ3) is 6.87. The number of amides is 2. The molecule has 44 heavy (non-hydrogen) atoms. The van der Waals surface area contributed by atoms with Crippen molar-refractivity contribution in [2.45, 2.75) is 43.7 Å². The van der Waals surface area contributed by atoms with Gasteiger partial charge in [0.15, 0.2) is 0 Å². The minimum Gasteiger partial charge on any atom is -0.379 e. The molecule has 2 N–H and O–H groups in total. The van der Waals surface area contributed by atoms with Gasteiger partial charge in [0.25, 0.3) is 5.56 Å². The van der Waals surface area contributed by atoms with Crippen molar-refractivity contribution in [2.75, 3.05) is 56.5 Å². The van der Waals surface area contributed by atoms with Crippen molar-refractivity contribution < 1.29 is 9.59 Å². The van der Waals surface area contributed by atoms with Gasteiger partial charge in [0, 0.05) is 77.2 Å². The summed E-state index contributed by atoms with van der Waals surface area (Å²) in [6, 6.07) is 13.3. The summed E-state index contributed by atoms with van der Waals surface area (Å²) in [6.45, 7) is 6.51. The maximum Gasteiger partial charge on any atom is 0.282 e. The number of nitrogens with one attached hydrogen (secondary N) is 2. The SMILES string of the molecule is CN1C[C@H](Nc2cnn(C)c(=O)c2Br)C[C@H](c2ccc(CN3CCN(c4ccnc(C5CCC(=O)NC5=O)c4)CC3)cc2)C1. The number of hydrogen-bond acceptors (Lipinski definition) is 9. The van der Waals surface area contributed by atoms with Crippen molar-refractivity contribution >= 4 is 39.1 Å². The van der Waals surface area contributed by atoms with Crippen molar-refractivity contribution in [2.24, 2.45) is 7.05 Å². The highest BCUT2D eigenvalue weighted by molar-refractivity contribution is 9.10. The van der Waals surface area contributed by atoms with Crippen LogP contribution < -0.4 is 21.1 Å². The Morgan fingerprint density at radius 2 is 1.80 bits per heavy atom. The fourth-order valence-electron chi connectivity index (χ4n) is 6.61. The molecule has 11 nitrogen and oxygen atoms in total. The van der Waals surface area contributed by atoms with Crippen molar-refractivity contribution in [3.63, 3.8) is 0 Å². The quantitative estimate of drug-likeness (QED) is 0.369. The lowest BCUT2D eigenvalue weighted by Crippen LogP contribution is -2.46. The topological polar surface area (TPSA) is 116 Å². The zero-order valence-electron chi connectivity index (χ0n) is 25.2. The molecule has 3 aliphatic heterocycles. The summed E-state index contributed by atoms with van der Waals surface area (Å²) in [5.74, 6) is -0.430. The van der Waals surface area contributed by atoms with E-state index in [-0.39, 0.29) is 29.3 Å². The molecule has 232 valence electrons. The number of aryl methyl sites for hydroxylation is 1. The molecule has 3 fully saturated rings. The molecule has 2 amide bonds. The number of piperidine rings is 2. The van der Waals surface area contributed by atoms with Crippen molar-refractivity contribution in [3.05, 3.63) is 80.4 Å². The first-order valence-electron chi connectivity index (χ1n) is 15.3. The van der Waals surface area contributed by atoms with Gasteiger partial charge in [0.05, 0.1) is 23.5 Å². The molecule has 0 saturated carbocycles. The number of aromatic nitrogens is 3. The van der Waals surface area contributed by atoms with Crippen molar-refractivity contribution in [1.82, 2.24) is 29.9 Å². The zero-order chi connectivity index (χ0) is 30.8. The van der Waals surface area contributed by atoms with E-state index in [4.69, 9.17) is 0 Å². The van der Waals surface area contributed by atoms with E-state index >= 15 is 0 Å². The van der Waals surface area contributed by atoms with E-state index in [1.54, 1.807) is 19.4 Å². The molecule has 0 bridgehead atoms. The summed E-state index contributed by atoms with van der Waals surface area (Å²) in [5.41, 5.74) is 5.04. The minimum atomic E-state index is -0.369. The van der Waals surface area contributed by atoms with Crippen molar-refractivity contribution in [3.8, 4) is 0 Å². The van der Waals surface area contributed by atoms with E-state index in [9.17, 15) is 14.4 Å². The smallest absolute Gasteiger partial charge is 0.282 e.